The van der Waals surface area contributed by atoms with Crippen LogP contribution in [0.5, 0.6) is 0 Å². The molecule has 5 N–H and O–H groups in total. The second-order valence-corrected chi connectivity index (χ2v) is 7.23. The van der Waals surface area contributed by atoms with Crippen LogP contribution in [-0.4, -0.2) is 59.8 Å². The molecule has 0 saturated carbocycles. The molecule has 0 fully saturated rings. The number of hydrogen-bond donors (Lipinski definition) is 5. The summed E-state index contributed by atoms with van der Waals surface area (Å²) in [6.07, 6.45) is 0. The first-order chi connectivity index (χ1) is 14.8. The van der Waals surface area contributed by atoms with Crippen molar-refractivity contribution in [2.45, 2.75) is 19.3 Å². The highest BCUT2D eigenvalue weighted by atomic mass is 16.5. The van der Waals surface area contributed by atoms with Gasteiger partial charge in [-0.25, -0.2) is 4.79 Å². The summed E-state index contributed by atoms with van der Waals surface area (Å²) in [6, 6.07) is 7.88. The summed E-state index contributed by atoms with van der Waals surface area (Å²) in [5.41, 5.74) is 2.84. The second kappa shape index (κ2) is 8.52. The fourth-order valence-electron chi connectivity index (χ4n) is 3.45. The van der Waals surface area contributed by atoms with Crippen molar-refractivity contribution in [3.05, 3.63) is 58.7 Å². The van der Waals surface area contributed by atoms with Gasteiger partial charge in [0, 0.05) is 17.7 Å². The number of carbonyl (C=O) groups excluding carboxylic acids is 2. The molecule has 2 aliphatic heterocycles. The van der Waals surface area contributed by atoms with Crippen LogP contribution >= 0.6 is 0 Å². The first kappa shape index (κ1) is 21.1. The lowest BCUT2D eigenvalue weighted by molar-refractivity contribution is -0.139. The van der Waals surface area contributed by atoms with Crippen molar-refractivity contribution in [1.29, 1.82) is 0 Å². The molecule has 10 nitrogen and oxygen atoms in total. The average Bonchev–Trinajstić information content (AvgIpc) is 3.32. The highest BCUT2D eigenvalue weighted by Gasteiger charge is 2.30. The Hall–Kier alpha value is -3.18. The number of rotatable bonds is 6. The van der Waals surface area contributed by atoms with Crippen molar-refractivity contribution in [2.75, 3.05) is 6.54 Å². The highest BCUT2D eigenvalue weighted by Crippen LogP contribution is 2.12. The van der Waals surface area contributed by atoms with Gasteiger partial charge in [0.2, 0.25) is 0 Å². The van der Waals surface area contributed by atoms with E-state index in [2.05, 4.69) is 10.6 Å². The molecule has 31 heavy (non-hydrogen) atoms. The minimum Gasteiger partial charge on any atom is -0.480 e. The normalized spacial score (nSPS) is 15.3. The minimum atomic E-state index is -1.38. The molecule has 1 unspecified atom stereocenters. The predicted octanol–water partition coefficient (Wildman–Crippen LogP) is -2.26. The molecule has 0 bridgehead atoms. The molecule has 4 rings (SSSR count). The molecule has 0 aromatic heterocycles. The molecule has 2 heterocycles. The molecule has 2 amide bonds. The molecule has 2 aromatic carbocycles. The highest BCUT2D eigenvalue weighted by molar-refractivity contribution is 6.62. The van der Waals surface area contributed by atoms with E-state index in [0.717, 1.165) is 11.1 Å². The van der Waals surface area contributed by atoms with Crippen molar-refractivity contribution in [2.24, 2.45) is 0 Å². The van der Waals surface area contributed by atoms with E-state index in [1.54, 1.807) is 18.2 Å². The number of carboxylic acids is 1. The Bertz CT molecular complexity index is 1060. The summed E-state index contributed by atoms with van der Waals surface area (Å²) >= 11 is 0. The molecule has 2 aliphatic rings. The minimum absolute atomic E-state index is 0.161. The first-order valence-electron chi connectivity index (χ1n) is 9.50. The molecule has 12 heteroatoms. The van der Waals surface area contributed by atoms with Crippen LogP contribution in [0, 0.1) is 0 Å². The zero-order valence-corrected chi connectivity index (χ0v) is 16.2. The van der Waals surface area contributed by atoms with Crippen LogP contribution < -0.4 is 21.6 Å². The van der Waals surface area contributed by atoms with E-state index in [0.29, 0.717) is 10.9 Å². The maximum Gasteiger partial charge on any atom is 0.491 e. The SMILES string of the molecule is O=C(NCC(NC(=O)c1ccc2c(c1)B(O)OC2)C(=O)O)c1ccc2c(c1)B(O)OC2. The Kier molecular flexibility index (Phi) is 5.79. The van der Waals surface area contributed by atoms with Gasteiger partial charge in [0.1, 0.15) is 6.04 Å². The maximum absolute atomic E-state index is 12.5. The summed E-state index contributed by atoms with van der Waals surface area (Å²) < 4.78 is 10.2. The Morgan fingerprint density at radius 2 is 1.42 bits per heavy atom. The number of nitrogens with one attached hydrogen (secondary N) is 2. The number of carbonyl (C=O) groups is 3. The summed E-state index contributed by atoms with van der Waals surface area (Å²) in [6.45, 7) is 0.123. The van der Waals surface area contributed by atoms with Crippen molar-refractivity contribution in [3.8, 4) is 0 Å². The number of aliphatic carboxylic acids is 1. The molecular weight excluding hydrogens is 406 g/mol. The van der Waals surface area contributed by atoms with Crippen LogP contribution in [0.4, 0.5) is 0 Å². The van der Waals surface area contributed by atoms with Crippen LogP contribution in [0.3, 0.4) is 0 Å². The number of amides is 2. The fourth-order valence-corrected chi connectivity index (χ4v) is 3.45. The largest absolute Gasteiger partial charge is 0.491 e. The number of fused-ring (bicyclic) bond motifs is 2. The Morgan fingerprint density at radius 1 is 0.903 bits per heavy atom. The third-order valence-corrected chi connectivity index (χ3v) is 5.21. The topological polar surface area (TPSA) is 154 Å². The Morgan fingerprint density at radius 3 is 1.94 bits per heavy atom. The Labute approximate surface area is 177 Å². The molecule has 1 atom stereocenters. The van der Waals surface area contributed by atoms with Crippen LogP contribution in [0.1, 0.15) is 31.8 Å². The fraction of sp³-hybridized carbons (Fsp3) is 0.211. The van der Waals surface area contributed by atoms with Crippen LogP contribution in [0.2, 0.25) is 0 Å². The van der Waals surface area contributed by atoms with E-state index >= 15 is 0 Å². The Balaban J connectivity index is 1.40. The van der Waals surface area contributed by atoms with E-state index in [9.17, 15) is 29.5 Å². The molecule has 0 radical (unpaired) electrons. The van der Waals surface area contributed by atoms with Crippen LogP contribution in [-0.2, 0) is 27.3 Å². The van der Waals surface area contributed by atoms with Crippen LogP contribution in [0.25, 0.3) is 0 Å². The maximum atomic E-state index is 12.5. The zero-order chi connectivity index (χ0) is 22.1. The molecular formula is C19H18B2N2O8. The molecule has 0 aliphatic carbocycles. The van der Waals surface area contributed by atoms with Crippen LogP contribution in [0.15, 0.2) is 36.4 Å². The predicted molar refractivity (Wildman–Crippen MR) is 109 cm³/mol. The van der Waals surface area contributed by atoms with Gasteiger partial charge >= 0.3 is 20.2 Å². The quantitative estimate of drug-likeness (QED) is 0.326. The van der Waals surface area contributed by atoms with Gasteiger partial charge in [-0.05, 0) is 46.3 Å². The standard InChI is InChI=1S/C19H18B2N2O8/c24-17(10-1-3-12-8-30-20(28)14(12)5-10)22-7-16(19(26)27)23-18(25)11-2-4-13-9-31-21(29)15(13)6-11/h1-6,16,28-29H,7-9H2,(H,22,24)(H,23,25)(H,26,27). The smallest absolute Gasteiger partial charge is 0.480 e. The first-order valence-corrected chi connectivity index (χ1v) is 9.50. The van der Waals surface area contributed by atoms with Crippen molar-refractivity contribution >= 4 is 42.9 Å². The van der Waals surface area contributed by atoms with E-state index in [1.807, 2.05) is 0 Å². The number of carboxylic acid groups (broad SMARTS) is 1. The van der Waals surface area contributed by atoms with Gasteiger partial charge < -0.3 is 35.1 Å². The van der Waals surface area contributed by atoms with E-state index in [1.165, 1.54) is 18.2 Å². The average molecular weight is 424 g/mol. The van der Waals surface area contributed by atoms with E-state index in [4.69, 9.17) is 9.31 Å². The molecule has 2 aromatic rings. The molecule has 0 spiro atoms. The van der Waals surface area contributed by atoms with E-state index in [-0.39, 0.29) is 30.9 Å². The van der Waals surface area contributed by atoms with Gasteiger partial charge in [0.25, 0.3) is 11.8 Å². The molecule has 158 valence electrons. The van der Waals surface area contributed by atoms with Gasteiger partial charge in [-0.3, -0.25) is 9.59 Å². The lowest BCUT2D eigenvalue weighted by atomic mass is 9.78. The van der Waals surface area contributed by atoms with Gasteiger partial charge in [-0.15, -0.1) is 0 Å². The molecule has 0 saturated heterocycles. The van der Waals surface area contributed by atoms with Crippen molar-refractivity contribution in [1.82, 2.24) is 10.6 Å². The van der Waals surface area contributed by atoms with Gasteiger partial charge in [0.05, 0.1) is 13.2 Å². The number of benzene rings is 2. The summed E-state index contributed by atoms with van der Waals surface area (Å²) in [4.78, 5) is 36.5. The lowest BCUT2D eigenvalue weighted by Crippen LogP contribution is -2.48. The zero-order valence-electron chi connectivity index (χ0n) is 16.2. The number of hydrogen-bond acceptors (Lipinski definition) is 7. The lowest BCUT2D eigenvalue weighted by Gasteiger charge is -2.16. The second-order valence-electron chi connectivity index (χ2n) is 7.23. The third-order valence-electron chi connectivity index (χ3n) is 5.21. The third kappa shape index (κ3) is 4.32. The monoisotopic (exact) mass is 424 g/mol. The van der Waals surface area contributed by atoms with E-state index < -0.39 is 38.1 Å². The van der Waals surface area contributed by atoms with Gasteiger partial charge in [0.15, 0.2) is 0 Å². The van der Waals surface area contributed by atoms with Gasteiger partial charge in [-0.2, -0.15) is 0 Å². The van der Waals surface area contributed by atoms with Gasteiger partial charge in [-0.1, -0.05) is 12.1 Å². The van der Waals surface area contributed by atoms with Crippen molar-refractivity contribution in [3.63, 3.8) is 0 Å². The summed E-state index contributed by atoms with van der Waals surface area (Å²) in [5, 5.41) is 33.8. The summed E-state index contributed by atoms with van der Waals surface area (Å²) in [7, 11) is -2.24. The van der Waals surface area contributed by atoms with Crippen molar-refractivity contribution < 1.29 is 38.8 Å². The summed E-state index contributed by atoms with van der Waals surface area (Å²) in [5.74, 6) is -2.54.